The zero-order valence-corrected chi connectivity index (χ0v) is 17.4. The largest absolute Gasteiger partial charge is 0.484 e. The summed E-state index contributed by atoms with van der Waals surface area (Å²) in [6, 6.07) is 7.86. The van der Waals surface area contributed by atoms with Gasteiger partial charge in [-0.3, -0.25) is 14.9 Å². The zero-order chi connectivity index (χ0) is 21.4. The van der Waals surface area contributed by atoms with Crippen LogP contribution in [0.5, 0.6) is 5.75 Å². The Morgan fingerprint density at radius 2 is 2.19 bits per heavy atom. The van der Waals surface area contributed by atoms with Crippen LogP contribution in [0.25, 0.3) is 22.4 Å². The predicted molar refractivity (Wildman–Crippen MR) is 114 cm³/mol. The van der Waals surface area contributed by atoms with E-state index in [1.807, 2.05) is 30.1 Å². The molecule has 1 atom stereocenters. The van der Waals surface area contributed by atoms with Crippen molar-refractivity contribution in [3.8, 4) is 17.3 Å². The molecule has 1 fully saturated rings. The number of benzene rings is 1. The van der Waals surface area contributed by atoms with E-state index in [1.54, 1.807) is 18.6 Å². The van der Waals surface area contributed by atoms with Crippen molar-refractivity contribution in [2.24, 2.45) is 7.05 Å². The lowest BCUT2D eigenvalue weighted by molar-refractivity contribution is -0.134. The van der Waals surface area contributed by atoms with Crippen LogP contribution < -0.4 is 4.74 Å². The number of nitrogens with one attached hydrogen (secondary N) is 1. The maximum Gasteiger partial charge on any atom is 0.261 e. The molecule has 1 saturated heterocycles. The molecule has 1 aromatic carbocycles. The van der Waals surface area contributed by atoms with Crippen molar-refractivity contribution < 1.29 is 9.53 Å². The van der Waals surface area contributed by atoms with E-state index in [9.17, 15) is 4.79 Å². The van der Waals surface area contributed by atoms with Gasteiger partial charge in [0.1, 0.15) is 17.3 Å². The van der Waals surface area contributed by atoms with Crippen molar-refractivity contribution in [3.05, 3.63) is 54.4 Å². The molecule has 0 bridgehead atoms. The first-order valence-electron chi connectivity index (χ1n) is 10.3. The highest BCUT2D eigenvalue weighted by molar-refractivity contribution is 5.83. The maximum atomic E-state index is 12.9. The Balaban J connectivity index is 1.27. The average molecular weight is 417 g/mol. The lowest BCUT2D eigenvalue weighted by Gasteiger charge is -2.23. The van der Waals surface area contributed by atoms with Crippen LogP contribution in [0.15, 0.2) is 42.9 Å². The van der Waals surface area contributed by atoms with Gasteiger partial charge in [0.2, 0.25) is 5.82 Å². The number of hydrogen-bond acceptors (Lipinski definition) is 6. The molecule has 158 valence electrons. The third-order valence-corrected chi connectivity index (χ3v) is 5.80. The van der Waals surface area contributed by atoms with Crippen LogP contribution in [0.1, 0.15) is 30.4 Å². The van der Waals surface area contributed by atoms with E-state index in [2.05, 4.69) is 42.7 Å². The number of carbonyl (C=O) groups is 1. The van der Waals surface area contributed by atoms with Crippen LogP contribution in [0.4, 0.5) is 0 Å². The maximum absolute atomic E-state index is 12.9. The summed E-state index contributed by atoms with van der Waals surface area (Å²) < 4.78 is 7.96. The van der Waals surface area contributed by atoms with Gasteiger partial charge in [-0.1, -0.05) is 0 Å². The molecule has 0 radical (unpaired) electrons. The first kappa shape index (κ1) is 19.2. The third kappa shape index (κ3) is 3.63. The number of fused-ring (bicyclic) bond motifs is 1. The number of rotatable bonds is 5. The van der Waals surface area contributed by atoms with Crippen LogP contribution in [-0.4, -0.2) is 53.7 Å². The summed E-state index contributed by atoms with van der Waals surface area (Å²) in [4.78, 5) is 27.6. The summed E-state index contributed by atoms with van der Waals surface area (Å²) in [6.07, 6.45) is 6.56. The number of H-pyrrole nitrogens is 1. The van der Waals surface area contributed by atoms with Gasteiger partial charge in [-0.15, -0.1) is 0 Å². The minimum Gasteiger partial charge on any atom is -0.484 e. The van der Waals surface area contributed by atoms with Crippen LogP contribution in [0, 0.1) is 6.92 Å². The number of ether oxygens (including phenoxy) is 1. The number of carbonyl (C=O) groups excluding carboxylic acids is 1. The molecule has 31 heavy (non-hydrogen) atoms. The highest BCUT2D eigenvalue weighted by Crippen LogP contribution is 2.31. The van der Waals surface area contributed by atoms with Gasteiger partial charge in [0.25, 0.3) is 5.91 Å². The first-order valence-corrected chi connectivity index (χ1v) is 10.3. The van der Waals surface area contributed by atoms with Gasteiger partial charge >= 0.3 is 0 Å². The Hall–Kier alpha value is -3.75. The van der Waals surface area contributed by atoms with Gasteiger partial charge in [-0.2, -0.15) is 5.10 Å². The molecule has 4 aromatic rings. The van der Waals surface area contributed by atoms with E-state index in [0.29, 0.717) is 29.6 Å². The molecule has 9 heteroatoms. The Bertz CT molecular complexity index is 1230. The number of nitrogens with zero attached hydrogens (tertiary/aromatic N) is 6. The fraction of sp³-hybridized carbons (Fsp3) is 0.318. The topological polar surface area (TPSA) is 102 Å². The second-order valence-electron chi connectivity index (χ2n) is 7.73. The fourth-order valence-corrected chi connectivity index (χ4v) is 4.09. The highest BCUT2D eigenvalue weighted by Gasteiger charge is 2.32. The SMILES string of the molecule is Cc1cc2cc(OCC(=O)N3CCCC3c3nc(-c4cnccn4)n[nH]3)ccc2n1C. The predicted octanol–water partition coefficient (Wildman–Crippen LogP) is 2.80. The summed E-state index contributed by atoms with van der Waals surface area (Å²) in [5, 5.41) is 8.31. The molecule has 9 nitrogen and oxygen atoms in total. The van der Waals surface area contributed by atoms with Crippen molar-refractivity contribution in [2.45, 2.75) is 25.8 Å². The monoisotopic (exact) mass is 417 g/mol. The Kier molecular flexibility index (Phi) is 4.85. The molecule has 5 rings (SSSR count). The van der Waals surface area contributed by atoms with Crippen molar-refractivity contribution >= 4 is 16.8 Å². The molecule has 1 aliphatic rings. The summed E-state index contributed by atoms with van der Waals surface area (Å²) in [6.45, 7) is 2.72. The minimum absolute atomic E-state index is 0.0149. The standard InChI is InChI=1S/C22H23N7O2/c1-14-10-15-11-16(5-6-18(15)28(14)2)31-13-20(30)29-9-3-4-19(29)22-25-21(26-27-22)17-12-23-7-8-24-17/h5-8,10-12,19H,3-4,9,13H2,1-2H3,(H,25,26,27). The normalized spacial score (nSPS) is 16.2. The van der Waals surface area contributed by atoms with Gasteiger partial charge in [0.15, 0.2) is 6.61 Å². The molecule has 3 aromatic heterocycles. The summed E-state index contributed by atoms with van der Waals surface area (Å²) in [7, 11) is 2.04. The molecule has 0 aliphatic carbocycles. The average Bonchev–Trinajstić information content (AvgIpc) is 3.52. The van der Waals surface area contributed by atoms with Gasteiger partial charge in [0.05, 0.1) is 12.2 Å². The Morgan fingerprint density at radius 1 is 1.29 bits per heavy atom. The summed E-state index contributed by atoms with van der Waals surface area (Å²) in [5.41, 5.74) is 2.91. The van der Waals surface area contributed by atoms with Gasteiger partial charge < -0.3 is 14.2 Å². The number of aryl methyl sites for hydroxylation is 2. The van der Waals surface area contributed by atoms with E-state index in [0.717, 1.165) is 23.7 Å². The van der Waals surface area contributed by atoms with Crippen molar-refractivity contribution in [1.82, 2.24) is 34.6 Å². The zero-order valence-electron chi connectivity index (χ0n) is 17.4. The van der Waals surface area contributed by atoms with Crippen LogP contribution in [-0.2, 0) is 11.8 Å². The van der Waals surface area contributed by atoms with Crippen LogP contribution in [0.2, 0.25) is 0 Å². The van der Waals surface area contributed by atoms with E-state index in [-0.39, 0.29) is 18.6 Å². The number of aromatic nitrogens is 6. The second kappa shape index (κ2) is 7.82. The number of amides is 1. The lowest BCUT2D eigenvalue weighted by Crippen LogP contribution is -2.34. The molecule has 4 heterocycles. The third-order valence-electron chi connectivity index (χ3n) is 5.80. The van der Waals surface area contributed by atoms with Gasteiger partial charge in [-0.05, 0) is 44.0 Å². The molecule has 1 N–H and O–H groups in total. The quantitative estimate of drug-likeness (QED) is 0.536. The van der Waals surface area contributed by atoms with Crippen LogP contribution >= 0.6 is 0 Å². The Labute approximate surface area is 179 Å². The van der Waals surface area contributed by atoms with E-state index >= 15 is 0 Å². The fourth-order valence-electron chi connectivity index (χ4n) is 4.09. The molecular weight excluding hydrogens is 394 g/mol. The van der Waals surface area contributed by atoms with Crippen molar-refractivity contribution in [3.63, 3.8) is 0 Å². The van der Waals surface area contributed by atoms with Crippen molar-refractivity contribution in [2.75, 3.05) is 13.2 Å². The molecular formula is C22H23N7O2. The van der Waals surface area contributed by atoms with E-state index < -0.39 is 0 Å². The summed E-state index contributed by atoms with van der Waals surface area (Å²) >= 11 is 0. The first-order chi connectivity index (χ1) is 15.1. The van der Waals surface area contributed by atoms with E-state index in [4.69, 9.17) is 4.74 Å². The lowest BCUT2D eigenvalue weighted by atomic mass is 10.2. The summed E-state index contributed by atoms with van der Waals surface area (Å²) in [5.74, 6) is 1.76. The second-order valence-corrected chi connectivity index (χ2v) is 7.73. The molecule has 1 unspecified atom stereocenters. The van der Waals surface area contributed by atoms with Gasteiger partial charge in [0, 0.05) is 42.6 Å². The highest BCUT2D eigenvalue weighted by atomic mass is 16.5. The van der Waals surface area contributed by atoms with Crippen molar-refractivity contribution in [1.29, 1.82) is 0 Å². The Morgan fingerprint density at radius 3 is 3.03 bits per heavy atom. The smallest absolute Gasteiger partial charge is 0.261 e. The molecule has 0 saturated carbocycles. The van der Waals surface area contributed by atoms with E-state index in [1.165, 1.54) is 5.69 Å². The molecule has 1 amide bonds. The number of likely N-dealkylation sites (tertiary alicyclic amines) is 1. The van der Waals surface area contributed by atoms with Gasteiger partial charge in [-0.25, -0.2) is 9.97 Å². The molecule has 1 aliphatic heterocycles. The number of aromatic amines is 1. The minimum atomic E-state index is -0.145. The molecule has 0 spiro atoms. The van der Waals surface area contributed by atoms with Crippen LogP contribution in [0.3, 0.4) is 0 Å². The number of hydrogen-bond donors (Lipinski definition) is 1.